The van der Waals surface area contributed by atoms with Gasteiger partial charge in [0.05, 0.1) is 5.71 Å². The highest BCUT2D eigenvalue weighted by atomic mass is 16.7. The zero-order chi connectivity index (χ0) is 11.9. The first kappa shape index (κ1) is 11.2. The fourth-order valence-electron chi connectivity index (χ4n) is 2.76. The Balaban J connectivity index is 2.06. The van der Waals surface area contributed by atoms with Crippen LogP contribution in [0.15, 0.2) is 17.3 Å². The molecular weight excluding hydrogens is 204 g/mol. The van der Waals surface area contributed by atoms with Gasteiger partial charge in [0.15, 0.2) is 0 Å². The van der Waals surface area contributed by atoms with E-state index in [0.717, 1.165) is 17.7 Å². The van der Waals surface area contributed by atoms with Gasteiger partial charge in [0, 0.05) is 7.05 Å². The van der Waals surface area contributed by atoms with Crippen LogP contribution in [0.1, 0.15) is 26.7 Å². The molecule has 0 radical (unpaired) electrons. The number of carbonyl (C=O) groups is 1. The van der Waals surface area contributed by atoms with Crippen LogP contribution in [0.3, 0.4) is 0 Å². The monoisotopic (exact) mass is 222 g/mol. The Labute approximate surface area is 95.7 Å². The third kappa shape index (κ3) is 1.52. The zero-order valence-corrected chi connectivity index (χ0v) is 10.0. The van der Waals surface area contributed by atoms with E-state index in [2.05, 4.69) is 30.9 Å². The summed E-state index contributed by atoms with van der Waals surface area (Å²) in [6, 6.07) is 0. The van der Waals surface area contributed by atoms with Gasteiger partial charge in [0.1, 0.15) is 0 Å². The minimum atomic E-state index is -0.529. The van der Waals surface area contributed by atoms with Gasteiger partial charge in [0.25, 0.3) is 0 Å². The summed E-state index contributed by atoms with van der Waals surface area (Å²) < 4.78 is 0. The molecule has 4 nitrogen and oxygen atoms in total. The van der Waals surface area contributed by atoms with Gasteiger partial charge in [-0.25, -0.2) is 4.79 Å². The molecule has 88 valence electrons. The Morgan fingerprint density at radius 2 is 2.31 bits per heavy atom. The molecule has 0 aromatic rings. The highest BCUT2D eigenvalue weighted by Gasteiger charge is 2.54. The van der Waals surface area contributed by atoms with Gasteiger partial charge in [-0.15, -0.1) is 0 Å². The lowest BCUT2D eigenvalue weighted by Crippen LogP contribution is -2.52. The van der Waals surface area contributed by atoms with Crippen molar-refractivity contribution in [1.29, 1.82) is 0 Å². The van der Waals surface area contributed by atoms with E-state index in [0.29, 0.717) is 17.3 Å². The summed E-state index contributed by atoms with van der Waals surface area (Å²) in [6.07, 6.45) is 1.54. The van der Waals surface area contributed by atoms with Crippen LogP contribution in [-0.4, -0.2) is 18.9 Å². The van der Waals surface area contributed by atoms with E-state index in [1.165, 1.54) is 13.5 Å². The molecule has 1 N–H and O–H groups in total. The van der Waals surface area contributed by atoms with Crippen LogP contribution in [0.4, 0.5) is 4.79 Å². The first-order valence-corrected chi connectivity index (χ1v) is 5.61. The Bertz CT molecular complexity index is 371. The molecular formula is C12H18N2O2. The standard InChI is InChI=1S/C12H18N2O2/c1-7-9-5-8(12(9,2)3)6-10(7)14-16-11(15)13-4/h8-9H,1,5-6H2,2-4H3,(H,13,15)/b14-10+. The maximum Gasteiger partial charge on any atom is 0.433 e. The van der Waals surface area contributed by atoms with Crippen LogP contribution in [0.5, 0.6) is 0 Å². The number of allylic oxidation sites excluding steroid dienone is 1. The molecule has 0 spiro atoms. The van der Waals surface area contributed by atoms with Crippen LogP contribution in [0.2, 0.25) is 0 Å². The second-order valence-corrected chi connectivity index (χ2v) is 5.20. The summed E-state index contributed by atoms with van der Waals surface area (Å²) in [5, 5.41) is 6.25. The van der Waals surface area contributed by atoms with E-state index >= 15 is 0 Å². The molecule has 0 aromatic heterocycles. The summed E-state index contributed by atoms with van der Waals surface area (Å²) in [6.45, 7) is 8.61. The minimum absolute atomic E-state index is 0.336. The number of oxime groups is 1. The van der Waals surface area contributed by atoms with Gasteiger partial charge in [-0.05, 0) is 35.7 Å². The van der Waals surface area contributed by atoms with E-state index < -0.39 is 6.09 Å². The highest BCUT2D eigenvalue weighted by molar-refractivity contribution is 6.02. The fourth-order valence-corrected chi connectivity index (χ4v) is 2.76. The minimum Gasteiger partial charge on any atom is -0.323 e. The second-order valence-electron chi connectivity index (χ2n) is 5.20. The number of nitrogens with zero attached hydrogens (tertiary/aromatic N) is 1. The Morgan fingerprint density at radius 3 is 2.81 bits per heavy atom. The predicted molar refractivity (Wildman–Crippen MR) is 62.1 cm³/mol. The first-order valence-electron chi connectivity index (χ1n) is 5.61. The molecule has 2 atom stereocenters. The van der Waals surface area contributed by atoms with Crippen molar-refractivity contribution >= 4 is 11.8 Å². The van der Waals surface area contributed by atoms with E-state index in [4.69, 9.17) is 4.84 Å². The van der Waals surface area contributed by atoms with Crippen molar-refractivity contribution in [3.8, 4) is 0 Å². The molecule has 2 bridgehead atoms. The smallest absolute Gasteiger partial charge is 0.323 e. The number of fused-ring (bicyclic) bond motifs is 2. The van der Waals surface area contributed by atoms with Crippen molar-refractivity contribution in [2.45, 2.75) is 26.7 Å². The average molecular weight is 222 g/mol. The lowest BCUT2D eigenvalue weighted by molar-refractivity contribution is 0.000511. The molecule has 0 heterocycles. The van der Waals surface area contributed by atoms with E-state index in [9.17, 15) is 4.79 Å². The van der Waals surface area contributed by atoms with Crippen molar-refractivity contribution in [2.75, 3.05) is 7.05 Å². The number of hydrogen-bond donors (Lipinski definition) is 1. The van der Waals surface area contributed by atoms with Gasteiger partial charge in [-0.3, -0.25) is 4.84 Å². The van der Waals surface area contributed by atoms with Crippen molar-refractivity contribution in [3.63, 3.8) is 0 Å². The number of carbonyl (C=O) groups excluding carboxylic acids is 1. The van der Waals surface area contributed by atoms with Gasteiger partial charge in [0.2, 0.25) is 0 Å². The summed E-state index contributed by atoms with van der Waals surface area (Å²) in [4.78, 5) is 15.6. The molecule has 3 saturated carbocycles. The molecule has 3 aliphatic carbocycles. The van der Waals surface area contributed by atoms with Gasteiger partial charge in [-0.1, -0.05) is 25.6 Å². The van der Waals surface area contributed by atoms with Crippen LogP contribution in [0.25, 0.3) is 0 Å². The Morgan fingerprint density at radius 1 is 1.62 bits per heavy atom. The van der Waals surface area contributed by atoms with E-state index in [1.54, 1.807) is 0 Å². The van der Waals surface area contributed by atoms with Gasteiger partial charge in [-0.2, -0.15) is 0 Å². The summed E-state index contributed by atoms with van der Waals surface area (Å²) in [5.74, 6) is 1.15. The van der Waals surface area contributed by atoms with Gasteiger partial charge >= 0.3 is 6.09 Å². The third-order valence-corrected chi connectivity index (χ3v) is 4.14. The van der Waals surface area contributed by atoms with E-state index in [-0.39, 0.29) is 0 Å². The number of amides is 1. The molecule has 4 heteroatoms. The quantitative estimate of drug-likeness (QED) is 0.546. The van der Waals surface area contributed by atoms with Crippen molar-refractivity contribution in [2.24, 2.45) is 22.4 Å². The maximum absolute atomic E-state index is 10.9. The summed E-state index contributed by atoms with van der Waals surface area (Å²) >= 11 is 0. The average Bonchev–Trinajstić information content (AvgIpc) is 2.26. The molecule has 3 rings (SSSR count). The molecule has 0 saturated heterocycles. The molecule has 3 fully saturated rings. The topological polar surface area (TPSA) is 50.7 Å². The largest absolute Gasteiger partial charge is 0.433 e. The SMILES string of the molecule is C=C1/C(=N/OC(=O)NC)CC2CC1C2(C)C. The molecule has 3 aliphatic rings. The first-order chi connectivity index (χ1) is 7.46. The van der Waals surface area contributed by atoms with Crippen LogP contribution < -0.4 is 5.32 Å². The number of rotatable bonds is 1. The van der Waals surface area contributed by atoms with Crippen LogP contribution >= 0.6 is 0 Å². The Hall–Kier alpha value is -1.32. The van der Waals surface area contributed by atoms with Crippen molar-refractivity contribution < 1.29 is 9.63 Å². The normalized spacial score (nSPS) is 33.2. The molecule has 2 unspecified atom stereocenters. The highest BCUT2D eigenvalue weighted by Crippen LogP contribution is 2.59. The summed E-state index contributed by atoms with van der Waals surface area (Å²) in [5.41, 5.74) is 2.23. The number of nitrogens with one attached hydrogen (secondary N) is 1. The fraction of sp³-hybridized carbons (Fsp3) is 0.667. The third-order valence-electron chi connectivity index (χ3n) is 4.14. The summed E-state index contributed by atoms with van der Waals surface area (Å²) in [7, 11) is 1.51. The van der Waals surface area contributed by atoms with E-state index in [1.807, 2.05) is 0 Å². The molecule has 16 heavy (non-hydrogen) atoms. The lowest BCUT2D eigenvalue weighted by Gasteiger charge is -2.57. The molecule has 0 aromatic carbocycles. The Kier molecular flexibility index (Phi) is 2.52. The lowest BCUT2D eigenvalue weighted by atomic mass is 9.47. The van der Waals surface area contributed by atoms with Crippen molar-refractivity contribution in [3.05, 3.63) is 12.2 Å². The predicted octanol–water partition coefficient (Wildman–Crippen LogP) is 2.32. The second kappa shape index (κ2) is 3.61. The van der Waals surface area contributed by atoms with Crippen LogP contribution in [-0.2, 0) is 4.84 Å². The molecule has 1 amide bonds. The van der Waals surface area contributed by atoms with Gasteiger partial charge < -0.3 is 5.32 Å². The number of hydrogen-bond acceptors (Lipinski definition) is 3. The molecule has 0 aliphatic heterocycles. The van der Waals surface area contributed by atoms with Crippen molar-refractivity contribution in [1.82, 2.24) is 5.32 Å². The maximum atomic E-state index is 10.9. The zero-order valence-electron chi connectivity index (χ0n) is 10.0. The van der Waals surface area contributed by atoms with Crippen LogP contribution in [0, 0.1) is 17.3 Å².